The number of unbranched alkanes of at least 4 members (excludes halogenated alkanes) is 20. The third kappa shape index (κ3) is 30.3. The van der Waals surface area contributed by atoms with Crippen molar-refractivity contribution in [1.82, 2.24) is 5.32 Å². The standard InChI is InChI=1S/C41H77NO5/c1-3-5-7-9-11-13-15-17-18-19-20-21-22-23-25-27-29-31-33-35-39(45)41(47)42-37(36-43)40(46)38(44)34-32-30-28-26-24-16-14-12-10-8-6-4-2/h12,14,20-21,26,28,37-40,43-46H,3-11,13,15-19,22-25,27,29-36H2,1-2H3,(H,42,47)/b14-12+,21-20-,28-26+. The lowest BCUT2D eigenvalue weighted by Crippen LogP contribution is -2.53. The summed E-state index contributed by atoms with van der Waals surface area (Å²) >= 11 is 0. The smallest absolute Gasteiger partial charge is 0.249 e. The van der Waals surface area contributed by atoms with Crippen LogP contribution in [0.5, 0.6) is 0 Å². The molecule has 0 aliphatic carbocycles. The first kappa shape index (κ1) is 45.5. The molecular formula is C41H77NO5. The van der Waals surface area contributed by atoms with Crippen molar-refractivity contribution in [3.05, 3.63) is 36.5 Å². The van der Waals surface area contributed by atoms with Crippen LogP contribution in [0.4, 0.5) is 0 Å². The Morgan fingerprint density at radius 3 is 1.38 bits per heavy atom. The van der Waals surface area contributed by atoms with Gasteiger partial charge in [-0.15, -0.1) is 0 Å². The fourth-order valence-electron chi connectivity index (χ4n) is 5.82. The van der Waals surface area contributed by atoms with E-state index in [1.165, 1.54) is 96.3 Å². The van der Waals surface area contributed by atoms with E-state index in [4.69, 9.17) is 0 Å². The molecule has 0 aliphatic heterocycles. The molecule has 4 atom stereocenters. The minimum atomic E-state index is -1.29. The number of allylic oxidation sites excluding steroid dienone is 6. The molecule has 276 valence electrons. The minimum Gasteiger partial charge on any atom is -0.394 e. The lowest BCUT2D eigenvalue weighted by atomic mass is 10.00. The van der Waals surface area contributed by atoms with Crippen LogP contribution in [0.2, 0.25) is 0 Å². The average molecular weight is 664 g/mol. The number of rotatable bonds is 35. The van der Waals surface area contributed by atoms with Crippen molar-refractivity contribution in [2.24, 2.45) is 0 Å². The molecule has 0 aromatic carbocycles. The highest BCUT2D eigenvalue weighted by Gasteiger charge is 2.28. The molecule has 0 heterocycles. The largest absolute Gasteiger partial charge is 0.394 e. The molecule has 5 N–H and O–H groups in total. The van der Waals surface area contributed by atoms with Gasteiger partial charge in [0.05, 0.1) is 18.8 Å². The van der Waals surface area contributed by atoms with E-state index in [0.29, 0.717) is 19.3 Å². The van der Waals surface area contributed by atoms with Crippen molar-refractivity contribution in [3.8, 4) is 0 Å². The second-order valence-electron chi connectivity index (χ2n) is 13.6. The fourth-order valence-corrected chi connectivity index (χ4v) is 5.82. The highest BCUT2D eigenvalue weighted by molar-refractivity contribution is 5.80. The molecule has 0 aromatic heterocycles. The van der Waals surface area contributed by atoms with Crippen LogP contribution in [-0.4, -0.2) is 57.3 Å². The number of carbonyl (C=O) groups excluding carboxylic acids is 1. The van der Waals surface area contributed by atoms with Crippen molar-refractivity contribution in [2.45, 2.75) is 212 Å². The summed E-state index contributed by atoms with van der Waals surface area (Å²) in [5, 5.41) is 43.4. The van der Waals surface area contributed by atoms with Crippen LogP contribution in [0.25, 0.3) is 0 Å². The van der Waals surface area contributed by atoms with Gasteiger partial charge >= 0.3 is 0 Å². The summed E-state index contributed by atoms with van der Waals surface area (Å²) in [4.78, 5) is 12.5. The molecule has 0 aromatic rings. The highest BCUT2D eigenvalue weighted by atomic mass is 16.3. The van der Waals surface area contributed by atoms with Gasteiger partial charge in [-0.05, 0) is 77.0 Å². The summed E-state index contributed by atoms with van der Waals surface area (Å²) in [6.07, 6.45) is 40.3. The third-order valence-electron chi connectivity index (χ3n) is 9.05. The minimum absolute atomic E-state index is 0.352. The van der Waals surface area contributed by atoms with Gasteiger partial charge in [0, 0.05) is 0 Å². The molecule has 0 fully saturated rings. The van der Waals surface area contributed by atoms with Gasteiger partial charge < -0.3 is 25.7 Å². The maximum absolute atomic E-state index is 12.5. The maximum atomic E-state index is 12.5. The van der Waals surface area contributed by atoms with Crippen LogP contribution in [0, 0.1) is 0 Å². The number of hydrogen-bond donors (Lipinski definition) is 5. The zero-order valence-corrected chi connectivity index (χ0v) is 30.8. The Balaban J connectivity index is 3.83. The summed E-state index contributed by atoms with van der Waals surface area (Å²) in [5.74, 6) is -0.605. The van der Waals surface area contributed by atoms with Crippen molar-refractivity contribution in [3.63, 3.8) is 0 Å². The van der Waals surface area contributed by atoms with Gasteiger partial charge in [0.2, 0.25) is 5.91 Å². The molecule has 0 spiro atoms. The second kappa shape index (κ2) is 35.8. The Kier molecular flexibility index (Phi) is 34.7. The number of amides is 1. The van der Waals surface area contributed by atoms with Crippen molar-refractivity contribution in [1.29, 1.82) is 0 Å². The number of aliphatic hydroxyl groups excluding tert-OH is 4. The summed E-state index contributed by atoms with van der Waals surface area (Å²) in [5.41, 5.74) is 0. The zero-order chi connectivity index (χ0) is 34.6. The predicted octanol–water partition coefficient (Wildman–Crippen LogP) is 9.79. The van der Waals surface area contributed by atoms with Crippen LogP contribution >= 0.6 is 0 Å². The highest BCUT2D eigenvalue weighted by Crippen LogP contribution is 2.14. The molecule has 0 saturated carbocycles. The molecule has 6 heteroatoms. The molecule has 0 rings (SSSR count). The molecule has 4 unspecified atom stereocenters. The molecule has 0 aliphatic rings. The van der Waals surface area contributed by atoms with Gasteiger partial charge in [0.25, 0.3) is 0 Å². The molecule has 0 bridgehead atoms. The van der Waals surface area contributed by atoms with Gasteiger partial charge in [0.15, 0.2) is 0 Å². The summed E-state index contributed by atoms with van der Waals surface area (Å²) < 4.78 is 0. The molecule has 6 nitrogen and oxygen atoms in total. The Morgan fingerprint density at radius 2 is 0.894 bits per heavy atom. The summed E-state index contributed by atoms with van der Waals surface area (Å²) in [6.45, 7) is 3.98. The molecular weight excluding hydrogens is 586 g/mol. The van der Waals surface area contributed by atoms with E-state index in [1.807, 2.05) is 0 Å². The average Bonchev–Trinajstić information content (AvgIpc) is 3.07. The first-order chi connectivity index (χ1) is 23.0. The monoisotopic (exact) mass is 664 g/mol. The lowest BCUT2D eigenvalue weighted by molar-refractivity contribution is -0.132. The first-order valence-corrected chi connectivity index (χ1v) is 19.9. The second-order valence-corrected chi connectivity index (χ2v) is 13.6. The first-order valence-electron chi connectivity index (χ1n) is 19.9. The Labute approximate surface area is 290 Å². The van der Waals surface area contributed by atoms with Crippen molar-refractivity contribution in [2.75, 3.05) is 6.61 Å². The zero-order valence-electron chi connectivity index (χ0n) is 30.8. The Morgan fingerprint density at radius 1 is 0.511 bits per heavy atom. The van der Waals surface area contributed by atoms with Crippen molar-refractivity contribution < 1.29 is 25.2 Å². The van der Waals surface area contributed by atoms with E-state index in [1.54, 1.807) is 0 Å². The third-order valence-corrected chi connectivity index (χ3v) is 9.05. The topological polar surface area (TPSA) is 110 Å². The normalized spacial score (nSPS) is 14.8. The van der Waals surface area contributed by atoms with Gasteiger partial charge in [-0.3, -0.25) is 4.79 Å². The van der Waals surface area contributed by atoms with Crippen LogP contribution < -0.4 is 5.32 Å². The van der Waals surface area contributed by atoms with E-state index < -0.39 is 36.9 Å². The van der Waals surface area contributed by atoms with E-state index >= 15 is 0 Å². The Hall–Kier alpha value is -1.47. The number of aliphatic hydroxyl groups is 4. The lowest BCUT2D eigenvalue weighted by Gasteiger charge is -2.27. The predicted molar refractivity (Wildman–Crippen MR) is 200 cm³/mol. The SMILES string of the molecule is CCCCC/C=C/CC/C=C/CCCC(O)C(O)C(CO)NC(=O)C(O)CCCCCCCC/C=C\CCCCCCCCCCC. The Bertz CT molecular complexity index is 752. The molecule has 47 heavy (non-hydrogen) atoms. The summed E-state index contributed by atoms with van der Waals surface area (Å²) in [7, 11) is 0. The van der Waals surface area contributed by atoms with E-state index in [0.717, 1.165) is 57.8 Å². The fraction of sp³-hybridized carbons (Fsp3) is 0.829. The van der Waals surface area contributed by atoms with Crippen LogP contribution in [0.1, 0.15) is 187 Å². The molecule has 0 radical (unpaired) electrons. The van der Waals surface area contributed by atoms with Gasteiger partial charge in [-0.1, -0.05) is 147 Å². The van der Waals surface area contributed by atoms with Gasteiger partial charge in [-0.25, -0.2) is 0 Å². The molecule has 1 amide bonds. The van der Waals surface area contributed by atoms with E-state index in [9.17, 15) is 25.2 Å². The van der Waals surface area contributed by atoms with Crippen LogP contribution in [0.15, 0.2) is 36.5 Å². The number of nitrogens with one attached hydrogen (secondary N) is 1. The van der Waals surface area contributed by atoms with Crippen LogP contribution in [0.3, 0.4) is 0 Å². The van der Waals surface area contributed by atoms with Gasteiger partial charge in [0.1, 0.15) is 12.2 Å². The van der Waals surface area contributed by atoms with E-state index in [2.05, 4.69) is 55.6 Å². The number of carbonyl (C=O) groups is 1. The summed E-state index contributed by atoms with van der Waals surface area (Å²) in [6, 6.07) is -1.01. The maximum Gasteiger partial charge on any atom is 0.249 e. The van der Waals surface area contributed by atoms with Crippen LogP contribution in [-0.2, 0) is 4.79 Å². The quantitative estimate of drug-likeness (QED) is 0.0343. The van der Waals surface area contributed by atoms with Gasteiger partial charge in [-0.2, -0.15) is 0 Å². The number of hydrogen-bond acceptors (Lipinski definition) is 5. The van der Waals surface area contributed by atoms with Crippen molar-refractivity contribution >= 4 is 5.91 Å². The van der Waals surface area contributed by atoms with E-state index in [-0.39, 0.29) is 0 Å². The molecule has 0 saturated heterocycles.